The van der Waals surface area contributed by atoms with Gasteiger partial charge in [0.1, 0.15) is 23.2 Å². The molecule has 1 amide bonds. The van der Waals surface area contributed by atoms with Crippen molar-refractivity contribution in [2.45, 2.75) is 38.0 Å². The molecule has 4 heterocycles. The number of nitrogens with one attached hydrogen (secondary N) is 2. The zero-order valence-electron chi connectivity index (χ0n) is 19.1. The summed E-state index contributed by atoms with van der Waals surface area (Å²) in [7, 11) is 0. The van der Waals surface area contributed by atoms with E-state index in [-0.39, 0.29) is 32.0 Å². The van der Waals surface area contributed by atoms with Crippen molar-refractivity contribution in [3.63, 3.8) is 0 Å². The van der Waals surface area contributed by atoms with Crippen molar-refractivity contribution in [2.24, 2.45) is 0 Å². The highest BCUT2D eigenvalue weighted by atomic mass is 19.1. The second kappa shape index (κ2) is 9.29. The number of fused-ring (bicyclic) bond motifs is 2. The number of hydrogen-bond acceptors (Lipinski definition) is 8. The summed E-state index contributed by atoms with van der Waals surface area (Å²) in [5.74, 6) is 0.168. The lowest BCUT2D eigenvalue weighted by atomic mass is 9.77. The molecular weight excluding hydrogens is 459 g/mol. The molecule has 11 nitrogen and oxygen atoms in total. The van der Waals surface area contributed by atoms with Crippen LogP contribution in [0.3, 0.4) is 0 Å². The van der Waals surface area contributed by atoms with E-state index in [1.807, 2.05) is 0 Å². The first-order valence-electron chi connectivity index (χ1n) is 11.3. The Labute approximate surface area is 199 Å². The third-order valence-electron chi connectivity index (χ3n) is 6.46. The highest BCUT2D eigenvalue weighted by molar-refractivity contribution is 5.92. The number of H-pyrrole nitrogens is 1. The fraction of sp³-hybridized carbons (Fsp3) is 0.435. The molecule has 2 atom stereocenters. The van der Waals surface area contributed by atoms with Crippen LogP contribution < -0.4 is 10.9 Å². The molecule has 1 spiro atoms. The standard InChI is InChI=1S/C23H25FN6O5/c1-13-26-20(29-28-13)16-8-15(24)3-2-14(16)10-25-21(33)17-9-19(32)30-5-7-35-12-23(22(30)27-17)4-6-34-11-18(23)31/h2-3,8-9,18,31H,4-7,10-12H2,1H3,(H,25,33)(H,26,28,29). The highest BCUT2D eigenvalue weighted by Gasteiger charge is 2.47. The van der Waals surface area contributed by atoms with Crippen LogP contribution >= 0.6 is 0 Å². The van der Waals surface area contributed by atoms with Crippen LogP contribution in [0.2, 0.25) is 0 Å². The summed E-state index contributed by atoms with van der Waals surface area (Å²) in [5, 5.41) is 20.3. The molecule has 184 valence electrons. The van der Waals surface area contributed by atoms with E-state index in [0.29, 0.717) is 48.2 Å². The summed E-state index contributed by atoms with van der Waals surface area (Å²) >= 11 is 0. The van der Waals surface area contributed by atoms with Gasteiger partial charge in [0.25, 0.3) is 11.5 Å². The van der Waals surface area contributed by atoms with Crippen LogP contribution in [0.1, 0.15) is 34.1 Å². The maximum absolute atomic E-state index is 13.9. The van der Waals surface area contributed by atoms with E-state index in [1.54, 1.807) is 13.0 Å². The number of ether oxygens (including phenoxy) is 2. The minimum Gasteiger partial charge on any atom is -0.390 e. The van der Waals surface area contributed by atoms with Crippen molar-refractivity contribution in [3.05, 3.63) is 63.3 Å². The number of aliphatic hydroxyl groups is 1. The zero-order valence-corrected chi connectivity index (χ0v) is 19.1. The minimum absolute atomic E-state index is 0.0346. The van der Waals surface area contributed by atoms with Crippen LogP contribution in [0.15, 0.2) is 29.1 Å². The number of aliphatic hydroxyl groups excluding tert-OH is 1. The summed E-state index contributed by atoms with van der Waals surface area (Å²) in [6.07, 6.45) is -0.529. The number of hydrogen-bond donors (Lipinski definition) is 3. The number of rotatable bonds is 4. The van der Waals surface area contributed by atoms with Gasteiger partial charge in [0.2, 0.25) is 0 Å². The predicted octanol–water partition coefficient (Wildman–Crippen LogP) is 0.455. The van der Waals surface area contributed by atoms with Crippen LogP contribution in [0.5, 0.6) is 0 Å². The smallest absolute Gasteiger partial charge is 0.270 e. The molecule has 0 saturated carbocycles. The molecule has 0 bridgehead atoms. The number of aryl methyl sites for hydroxylation is 1. The van der Waals surface area contributed by atoms with Crippen molar-refractivity contribution in [3.8, 4) is 11.4 Å². The normalized spacial score (nSPS) is 22.0. The van der Waals surface area contributed by atoms with Crippen molar-refractivity contribution in [2.75, 3.05) is 26.4 Å². The number of carbonyl (C=O) groups excluding carboxylic acids is 1. The number of aromatic nitrogens is 5. The largest absolute Gasteiger partial charge is 0.390 e. The van der Waals surface area contributed by atoms with Gasteiger partial charge in [-0.15, -0.1) is 0 Å². The lowest BCUT2D eigenvalue weighted by Crippen LogP contribution is -2.52. The van der Waals surface area contributed by atoms with E-state index in [0.717, 1.165) is 0 Å². The molecule has 1 fully saturated rings. The molecule has 2 aromatic heterocycles. The van der Waals surface area contributed by atoms with Crippen LogP contribution in [0.25, 0.3) is 11.4 Å². The van der Waals surface area contributed by atoms with E-state index in [1.165, 1.54) is 22.8 Å². The maximum Gasteiger partial charge on any atom is 0.270 e. The van der Waals surface area contributed by atoms with Crippen molar-refractivity contribution in [1.82, 2.24) is 30.0 Å². The van der Waals surface area contributed by atoms with Gasteiger partial charge in [-0.3, -0.25) is 19.3 Å². The van der Waals surface area contributed by atoms with Gasteiger partial charge in [-0.2, -0.15) is 5.10 Å². The zero-order chi connectivity index (χ0) is 24.6. The quantitative estimate of drug-likeness (QED) is 0.484. The molecule has 3 N–H and O–H groups in total. The summed E-state index contributed by atoms with van der Waals surface area (Å²) < 4.78 is 26.5. The van der Waals surface area contributed by atoms with Gasteiger partial charge in [-0.1, -0.05) is 6.07 Å². The van der Waals surface area contributed by atoms with Crippen LogP contribution in [0, 0.1) is 12.7 Å². The van der Waals surface area contributed by atoms with Crippen molar-refractivity contribution < 1.29 is 23.8 Å². The Balaban J connectivity index is 1.45. The van der Waals surface area contributed by atoms with Crippen LogP contribution in [-0.4, -0.2) is 68.3 Å². The van der Waals surface area contributed by atoms with Crippen LogP contribution in [-0.2, 0) is 28.0 Å². The topological polar surface area (TPSA) is 144 Å². The minimum atomic E-state index is -0.947. The summed E-state index contributed by atoms with van der Waals surface area (Å²) in [6, 6.07) is 5.30. The van der Waals surface area contributed by atoms with Gasteiger partial charge in [0.05, 0.1) is 37.9 Å². The van der Waals surface area contributed by atoms with Gasteiger partial charge in [-0.05, 0) is 31.0 Å². The Morgan fingerprint density at radius 3 is 2.94 bits per heavy atom. The molecule has 3 aromatic rings. The first-order valence-corrected chi connectivity index (χ1v) is 11.3. The number of carbonyl (C=O) groups is 1. The summed E-state index contributed by atoms with van der Waals surface area (Å²) in [6.45, 7) is 2.96. The number of benzene rings is 1. The van der Waals surface area contributed by atoms with E-state index >= 15 is 0 Å². The predicted molar refractivity (Wildman–Crippen MR) is 120 cm³/mol. The Bertz CT molecular complexity index is 1320. The first kappa shape index (κ1) is 23.3. The van der Waals surface area contributed by atoms with Gasteiger partial charge in [0.15, 0.2) is 5.82 Å². The van der Waals surface area contributed by atoms with Gasteiger partial charge >= 0.3 is 0 Å². The molecule has 2 unspecified atom stereocenters. The lowest BCUT2D eigenvalue weighted by molar-refractivity contribution is -0.0882. The number of amides is 1. The number of aromatic amines is 1. The third kappa shape index (κ3) is 4.35. The Morgan fingerprint density at radius 2 is 2.17 bits per heavy atom. The number of halogens is 1. The average molecular weight is 484 g/mol. The molecule has 5 rings (SSSR count). The summed E-state index contributed by atoms with van der Waals surface area (Å²) in [5.41, 5.74) is -0.389. The molecule has 1 aromatic carbocycles. The fourth-order valence-corrected chi connectivity index (χ4v) is 4.54. The Morgan fingerprint density at radius 1 is 1.31 bits per heavy atom. The fourth-order valence-electron chi connectivity index (χ4n) is 4.54. The third-order valence-corrected chi connectivity index (χ3v) is 6.46. The summed E-state index contributed by atoms with van der Waals surface area (Å²) in [4.78, 5) is 34.8. The molecule has 2 aliphatic rings. The SMILES string of the molecule is Cc1nc(-c2cc(F)ccc2CNC(=O)c2cc(=O)n3c(n2)C2(CCOCC2O)COCC3)n[nH]1. The second-order valence-electron chi connectivity index (χ2n) is 8.73. The second-order valence-corrected chi connectivity index (χ2v) is 8.73. The number of nitrogens with zero attached hydrogens (tertiary/aromatic N) is 4. The van der Waals surface area contributed by atoms with Crippen LogP contribution in [0.4, 0.5) is 4.39 Å². The Hall–Kier alpha value is -3.48. The first-order chi connectivity index (χ1) is 16.9. The van der Waals surface area contributed by atoms with Gasteiger partial charge in [0, 0.05) is 24.8 Å². The molecular formula is C23H25FN6O5. The van der Waals surface area contributed by atoms with E-state index in [9.17, 15) is 19.1 Å². The van der Waals surface area contributed by atoms with Gasteiger partial charge in [-0.25, -0.2) is 14.4 Å². The highest BCUT2D eigenvalue weighted by Crippen LogP contribution is 2.35. The van der Waals surface area contributed by atoms with Crippen molar-refractivity contribution in [1.29, 1.82) is 0 Å². The van der Waals surface area contributed by atoms with Gasteiger partial charge < -0.3 is 19.9 Å². The molecule has 1 saturated heterocycles. The molecule has 0 aliphatic carbocycles. The van der Waals surface area contributed by atoms with Crippen molar-refractivity contribution >= 4 is 5.91 Å². The van der Waals surface area contributed by atoms with E-state index < -0.39 is 28.8 Å². The van der Waals surface area contributed by atoms with E-state index in [2.05, 4.69) is 25.5 Å². The molecule has 2 aliphatic heterocycles. The maximum atomic E-state index is 13.9. The molecule has 0 radical (unpaired) electrons. The lowest BCUT2D eigenvalue weighted by Gasteiger charge is -2.39. The average Bonchev–Trinajstić information content (AvgIpc) is 3.19. The molecule has 12 heteroatoms. The Kier molecular flexibility index (Phi) is 6.17. The monoisotopic (exact) mass is 484 g/mol. The van der Waals surface area contributed by atoms with E-state index in [4.69, 9.17) is 9.47 Å². The molecule has 35 heavy (non-hydrogen) atoms.